The molecule has 0 aliphatic rings. The molecule has 112 valence electrons. The van der Waals surface area contributed by atoms with Crippen LogP contribution in [0.25, 0.3) is 21.9 Å². The van der Waals surface area contributed by atoms with Crippen LogP contribution in [0.2, 0.25) is 0 Å². The molecule has 0 saturated carbocycles. The standard InChI is InChI=1S/C20H20O2/c1-14(2)22-17-9-7-15(8-10-17)19-6-4-5-16-13-18(21-3)11-12-20(16)19/h4-14H,1-3H3. The molecular weight excluding hydrogens is 272 g/mol. The molecule has 0 radical (unpaired) electrons. The molecule has 0 atom stereocenters. The van der Waals surface area contributed by atoms with Gasteiger partial charge in [0.25, 0.3) is 0 Å². The van der Waals surface area contributed by atoms with Crippen LogP contribution in [0.1, 0.15) is 13.8 Å². The minimum absolute atomic E-state index is 0.191. The highest BCUT2D eigenvalue weighted by Crippen LogP contribution is 2.31. The molecule has 0 N–H and O–H groups in total. The first-order chi connectivity index (χ1) is 10.7. The van der Waals surface area contributed by atoms with E-state index < -0.39 is 0 Å². The zero-order valence-electron chi connectivity index (χ0n) is 13.2. The number of rotatable bonds is 4. The normalized spacial score (nSPS) is 10.9. The second-order valence-corrected chi connectivity index (χ2v) is 5.58. The summed E-state index contributed by atoms with van der Waals surface area (Å²) in [6.45, 7) is 4.07. The van der Waals surface area contributed by atoms with Crippen LogP contribution in [-0.2, 0) is 0 Å². The van der Waals surface area contributed by atoms with Gasteiger partial charge in [0, 0.05) is 0 Å². The minimum Gasteiger partial charge on any atom is -0.497 e. The molecule has 0 spiro atoms. The number of hydrogen-bond donors (Lipinski definition) is 0. The molecule has 3 aromatic rings. The van der Waals surface area contributed by atoms with E-state index in [1.807, 2.05) is 32.0 Å². The molecule has 0 amide bonds. The summed E-state index contributed by atoms with van der Waals surface area (Å²) in [5, 5.41) is 2.40. The van der Waals surface area contributed by atoms with E-state index in [-0.39, 0.29) is 6.10 Å². The van der Waals surface area contributed by atoms with Gasteiger partial charge < -0.3 is 9.47 Å². The van der Waals surface area contributed by atoms with Gasteiger partial charge in [0.2, 0.25) is 0 Å². The number of ether oxygens (including phenoxy) is 2. The molecule has 0 bridgehead atoms. The van der Waals surface area contributed by atoms with Crippen LogP contribution in [0.5, 0.6) is 11.5 Å². The highest BCUT2D eigenvalue weighted by atomic mass is 16.5. The van der Waals surface area contributed by atoms with Crippen molar-refractivity contribution in [1.82, 2.24) is 0 Å². The average molecular weight is 292 g/mol. The van der Waals surface area contributed by atoms with Gasteiger partial charge in [0.15, 0.2) is 0 Å². The van der Waals surface area contributed by atoms with E-state index in [9.17, 15) is 0 Å². The smallest absolute Gasteiger partial charge is 0.119 e. The van der Waals surface area contributed by atoms with Crippen molar-refractivity contribution >= 4 is 10.8 Å². The first-order valence-corrected chi connectivity index (χ1v) is 7.51. The molecule has 0 fully saturated rings. The summed E-state index contributed by atoms with van der Waals surface area (Å²) in [6.07, 6.45) is 0.191. The summed E-state index contributed by atoms with van der Waals surface area (Å²) < 4.78 is 11.0. The predicted molar refractivity (Wildman–Crippen MR) is 91.7 cm³/mol. The van der Waals surface area contributed by atoms with Gasteiger partial charge in [-0.15, -0.1) is 0 Å². The molecule has 0 saturated heterocycles. The summed E-state index contributed by atoms with van der Waals surface area (Å²) >= 11 is 0. The second-order valence-electron chi connectivity index (χ2n) is 5.58. The van der Waals surface area contributed by atoms with Crippen molar-refractivity contribution in [3.05, 3.63) is 60.7 Å². The van der Waals surface area contributed by atoms with Crippen molar-refractivity contribution in [2.75, 3.05) is 7.11 Å². The quantitative estimate of drug-likeness (QED) is 0.649. The molecule has 3 aromatic carbocycles. The van der Waals surface area contributed by atoms with Crippen LogP contribution in [0, 0.1) is 0 Å². The Morgan fingerprint density at radius 3 is 2.23 bits per heavy atom. The van der Waals surface area contributed by atoms with E-state index in [0.29, 0.717) is 0 Å². The predicted octanol–water partition coefficient (Wildman–Crippen LogP) is 5.30. The zero-order chi connectivity index (χ0) is 15.5. The van der Waals surface area contributed by atoms with Crippen molar-refractivity contribution in [3.63, 3.8) is 0 Å². The number of benzene rings is 3. The lowest BCUT2D eigenvalue weighted by Crippen LogP contribution is -2.05. The molecule has 0 heterocycles. The van der Waals surface area contributed by atoms with Crippen molar-refractivity contribution < 1.29 is 9.47 Å². The molecule has 0 aromatic heterocycles. The topological polar surface area (TPSA) is 18.5 Å². The van der Waals surface area contributed by atoms with Crippen LogP contribution in [-0.4, -0.2) is 13.2 Å². The largest absolute Gasteiger partial charge is 0.497 e. The van der Waals surface area contributed by atoms with E-state index in [1.165, 1.54) is 21.9 Å². The summed E-state index contributed by atoms with van der Waals surface area (Å²) in [5.74, 6) is 1.78. The van der Waals surface area contributed by atoms with E-state index in [1.54, 1.807) is 7.11 Å². The highest BCUT2D eigenvalue weighted by Gasteiger charge is 2.05. The third kappa shape index (κ3) is 2.91. The second kappa shape index (κ2) is 6.10. The minimum atomic E-state index is 0.191. The fourth-order valence-corrected chi connectivity index (χ4v) is 2.63. The summed E-state index contributed by atoms with van der Waals surface area (Å²) in [6, 6.07) is 20.8. The Morgan fingerprint density at radius 1 is 0.818 bits per heavy atom. The van der Waals surface area contributed by atoms with Gasteiger partial charge in [-0.3, -0.25) is 0 Å². The average Bonchev–Trinajstić information content (AvgIpc) is 2.54. The molecule has 0 aliphatic heterocycles. The Bertz CT molecular complexity index is 773. The lowest BCUT2D eigenvalue weighted by Gasteiger charge is -2.11. The van der Waals surface area contributed by atoms with Crippen LogP contribution in [0.3, 0.4) is 0 Å². The highest BCUT2D eigenvalue weighted by molar-refractivity contribution is 5.97. The third-order valence-corrected chi connectivity index (χ3v) is 3.62. The maximum atomic E-state index is 5.71. The molecule has 0 unspecified atom stereocenters. The van der Waals surface area contributed by atoms with Gasteiger partial charge in [-0.1, -0.05) is 36.4 Å². The van der Waals surface area contributed by atoms with Crippen LogP contribution < -0.4 is 9.47 Å². The fourth-order valence-electron chi connectivity index (χ4n) is 2.63. The van der Waals surface area contributed by atoms with Crippen molar-refractivity contribution in [1.29, 1.82) is 0 Å². The zero-order valence-corrected chi connectivity index (χ0v) is 13.2. The Hall–Kier alpha value is -2.48. The van der Waals surface area contributed by atoms with E-state index in [2.05, 4.69) is 42.5 Å². The van der Waals surface area contributed by atoms with Gasteiger partial charge in [-0.25, -0.2) is 0 Å². The molecular formula is C20H20O2. The van der Waals surface area contributed by atoms with Crippen LogP contribution in [0.15, 0.2) is 60.7 Å². The molecule has 2 heteroatoms. The molecule has 22 heavy (non-hydrogen) atoms. The summed E-state index contributed by atoms with van der Waals surface area (Å²) in [7, 11) is 1.69. The number of methoxy groups -OCH3 is 1. The number of hydrogen-bond acceptors (Lipinski definition) is 2. The Kier molecular flexibility index (Phi) is 4.01. The van der Waals surface area contributed by atoms with E-state index in [4.69, 9.17) is 9.47 Å². The Balaban J connectivity index is 2.02. The SMILES string of the molecule is COc1ccc2c(-c3ccc(OC(C)C)cc3)cccc2c1. The molecule has 3 rings (SSSR count). The fraction of sp³-hybridized carbons (Fsp3) is 0.200. The maximum absolute atomic E-state index is 5.71. The maximum Gasteiger partial charge on any atom is 0.119 e. The van der Waals surface area contributed by atoms with Crippen molar-refractivity contribution in [2.45, 2.75) is 20.0 Å². The van der Waals surface area contributed by atoms with Crippen LogP contribution >= 0.6 is 0 Å². The first kappa shape index (κ1) is 14.5. The van der Waals surface area contributed by atoms with Gasteiger partial charge in [-0.05, 0) is 60.0 Å². The monoisotopic (exact) mass is 292 g/mol. The van der Waals surface area contributed by atoms with Crippen molar-refractivity contribution in [2.24, 2.45) is 0 Å². The van der Waals surface area contributed by atoms with Gasteiger partial charge in [0.05, 0.1) is 13.2 Å². The van der Waals surface area contributed by atoms with Gasteiger partial charge in [-0.2, -0.15) is 0 Å². The summed E-state index contributed by atoms with van der Waals surface area (Å²) in [4.78, 5) is 0. The number of fused-ring (bicyclic) bond motifs is 1. The first-order valence-electron chi connectivity index (χ1n) is 7.51. The lowest BCUT2D eigenvalue weighted by molar-refractivity contribution is 0.242. The van der Waals surface area contributed by atoms with Crippen molar-refractivity contribution in [3.8, 4) is 22.6 Å². The summed E-state index contributed by atoms with van der Waals surface area (Å²) in [5.41, 5.74) is 2.41. The third-order valence-electron chi connectivity index (χ3n) is 3.62. The van der Waals surface area contributed by atoms with Gasteiger partial charge >= 0.3 is 0 Å². The Labute approximate surface area is 131 Å². The van der Waals surface area contributed by atoms with E-state index in [0.717, 1.165) is 11.5 Å². The Morgan fingerprint density at radius 2 is 1.55 bits per heavy atom. The molecule has 0 aliphatic carbocycles. The van der Waals surface area contributed by atoms with E-state index >= 15 is 0 Å². The molecule has 2 nitrogen and oxygen atoms in total. The van der Waals surface area contributed by atoms with Gasteiger partial charge in [0.1, 0.15) is 11.5 Å². The van der Waals surface area contributed by atoms with Crippen LogP contribution in [0.4, 0.5) is 0 Å². The lowest BCUT2D eigenvalue weighted by atomic mass is 9.98.